The van der Waals surface area contributed by atoms with Gasteiger partial charge in [0.2, 0.25) is 5.91 Å². The number of amides is 1. The summed E-state index contributed by atoms with van der Waals surface area (Å²) >= 11 is 19.3. The zero-order chi connectivity index (χ0) is 19.4. The molecule has 5 nitrogen and oxygen atoms in total. The highest BCUT2D eigenvalue weighted by Gasteiger charge is 2.14. The maximum absolute atomic E-state index is 12.5. The molecular weight excluding hydrogens is 427 g/mol. The molecule has 2 aromatic carbocycles. The molecule has 1 heterocycles. The molecule has 0 saturated carbocycles. The predicted octanol–water partition coefficient (Wildman–Crippen LogP) is 4.98. The van der Waals surface area contributed by atoms with Crippen LogP contribution < -0.4 is 0 Å². The first kappa shape index (κ1) is 20.0. The quantitative estimate of drug-likeness (QED) is 0.506. The van der Waals surface area contributed by atoms with Crippen LogP contribution in [0.1, 0.15) is 5.56 Å². The van der Waals surface area contributed by atoms with E-state index in [1.165, 1.54) is 11.8 Å². The summed E-state index contributed by atoms with van der Waals surface area (Å²) in [5, 5.41) is 10.2. The Hall–Kier alpha value is -1.73. The Balaban J connectivity index is 1.62. The molecule has 0 N–H and O–H groups in total. The topological polar surface area (TPSA) is 51.0 Å². The summed E-state index contributed by atoms with van der Waals surface area (Å²) in [6.07, 6.45) is 1.60. The number of nitrogens with zero attached hydrogens (tertiary/aromatic N) is 4. The number of aromatic nitrogens is 3. The molecule has 1 aromatic heterocycles. The van der Waals surface area contributed by atoms with Crippen LogP contribution in [0.15, 0.2) is 53.9 Å². The third kappa shape index (κ3) is 5.17. The Bertz CT molecular complexity index is 963. The van der Waals surface area contributed by atoms with E-state index in [1.807, 2.05) is 24.3 Å². The molecular formula is C18H15Cl3N4OS. The second-order valence-electron chi connectivity index (χ2n) is 5.75. The van der Waals surface area contributed by atoms with Crippen molar-refractivity contribution in [1.29, 1.82) is 0 Å². The van der Waals surface area contributed by atoms with Gasteiger partial charge in [-0.1, -0.05) is 58.7 Å². The summed E-state index contributed by atoms with van der Waals surface area (Å²) < 4.78 is 1.79. The number of halogens is 3. The standard InChI is InChI=1S/C18H15Cl3N4OS/c1-24(9-12-5-6-15(20)16(21)7-12)17(26)10-27-18-23-22-11-25(18)14-4-2-3-13(19)8-14/h2-8,11H,9-10H2,1H3. The van der Waals surface area contributed by atoms with Gasteiger partial charge in [0.05, 0.1) is 21.5 Å². The van der Waals surface area contributed by atoms with Gasteiger partial charge in [-0.15, -0.1) is 10.2 Å². The predicted molar refractivity (Wildman–Crippen MR) is 110 cm³/mol. The van der Waals surface area contributed by atoms with Gasteiger partial charge in [0.1, 0.15) is 6.33 Å². The van der Waals surface area contributed by atoms with Crippen molar-refractivity contribution in [2.24, 2.45) is 0 Å². The van der Waals surface area contributed by atoms with Crippen LogP contribution in [0.2, 0.25) is 15.1 Å². The van der Waals surface area contributed by atoms with E-state index in [0.717, 1.165) is 11.3 Å². The van der Waals surface area contributed by atoms with Crippen molar-refractivity contribution in [1.82, 2.24) is 19.7 Å². The molecule has 0 aliphatic heterocycles. The Morgan fingerprint density at radius 2 is 1.96 bits per heavy atom. The van der Waals surface area contributed by atoms with E-state index in [9.17, 15) is 4.79 Å². The largest absolute Gasteiger partial charge is 0.341 e. The van der Waals surface area contributed by atoms with Gasteiger partial charge in [-0.2, -0.15) is 0 Å². The average molecular weight is 442 g/mol. The molecule has 0 aliphatic rings. The van der Waals surface area contributed by atoms with E-state index in [4.69, 9.17) is 34.8 Å². The van der Waals surface area contributed by atoms with Crippen LogP contribution >= 0.6 is 46.6 Å². The number of hydrogen-bond donors (Lipinski definition) is 0. The molecule has 0 spiro atoms. The second kappa shape index (κ2) is 8.97. The summed E-state index contributed by atoms with van der Waals surface area (Å²) in [6, 6.07) is 12.7. The normalized spacial score (nSPS) is 10.8. The van der Waals surface area contributed by atoms with Crippen LogP contribution in [0.25, 0.3) is 5.69 Å². The maximum atomic E-state index is 12.5. The summed E-state index contributed by atoms with van der Waals surface area (Å²) in [7, 11) is 1.74. The van der Waals surface area contributed by atoms with E-state index < -0.39 is 0 Å². The Kier molecular flexibility index (Phi) is 6.65. The SMILES string of the molecule is CN(Cc1ccc(Cl)c(Cl)c1)C(=O)CSc1nncn1-c1cccc(Cl)c1. The number of carbonyl (C=O) groups is 1. The minimum Gasteiger partial charge on any atom is -0.341 e. The minimum atomic E-state index is -0.0354. The number of rotatable bonds is 6. The lowest BCUT2D eigenvalue weighted by molar-refractivity contribution is -0.127. The molecule has 0 bridgehead atoms. The monoisotopic (exact) mass is 440 g/mol. The lowest BCUT2D eigenvalue weighted by atomic mass is 10.2. The van der Waals surface area contributed by atoms with Gasteiger partial charge < -0.3 is 4.90 Å². The van der Waals surface area contributed by atoms with Crippen LogP contribution in [-0.4, -0.2) is 38.4 Å². The van der Waals surface area contributed by atoms with E-state index in [1.54, 1.807) is 41.0 Å². The summed E-state index contributed by atoms with van der Waals surface area (Å²) in [6.45, 7) is 0.442. The molecule has 1 amide bonds. The second-order valence-corrected chi connectivity index (χ2v) is 7.94. The molecule has 3 aromatic rings. The number of benzene rings is 2. The van der Waals surface area contributed by atoms with E-state index in [0.29, 0.717) is 26.8 Å². The summed E-state index contributed by atoms with van der Waals surface area (Å²) in [4.78, 5) is 14.1. The van der Waals surface area contributed by atoms with E-state index in [-0.39, 0.29) is 11.7 Å². The molecule has 0 aliphatic carbocycles. The first-order chi connectivity index (χ1) is 12.9. The zero-order valence-corrected chi connectivity index (χ0v) is 17.4. The van der Waals surface area contributed by atoms with E-state index in [2.05, 4.69) is 10.2 Å². The van der Waals surface area contributed by atoms with Gasteiger partial charge in [-0.05, 0) is 35.9 Å². The Labute approximate surface area is 176 Å². The molecule has 0 radical (unpaired) electrons. The van der Waals surface area contributed by atoms with Gasteiger partial charge in [0.15, 0.2) is 5.16 Å². The zero-order valence-electron chi connectivity index (χ0n) is 14.3. The highest BCUT2D eigenvalue weighted by molar-refractivity contribution is 7.99. The molecule has 9 heteroatoms. The Morgan fingerprint density at radius 1 is 1.15 bits per heavy atom. The smallest absolute Gasteiger partial charge is 0.233 e. The van der Waals surface area contributed by atoms with Crippen molar-refractivity contribution in [3.8, 4) is 5.69 Å². The Morgan fingerprint density at radius 3 is 2.70 bits per heavy atom. The molecule has 140 valence electrons. The van der Waals surface area contributed by atoms with Crippen LogP contribution in [0, 0.1) is 0 Å². The van der Waals surface area contributed by atoms with Crippen molar-refractivity contribution in [2.45, 2.75) is 11.7 Å². The highest BCUT2D eigenvalue weighted by atomic mass is 35.5. The summed E-state index contributed by atoms with van der Waals surface area (Å²) in [5.74, 6) is 0.198. The van der Waals surface area contributed by atoms with Crippen molar-refractivity contribution >= 4 is 52.5 Å². The molecule has 27 heavy (non-hydrogen) atoms. The van der Waals surface area contributed by atoms with E-state index >= 15 is 0 Å². The molecule has 0 unspecified atom stereocenters. The number of carbonyl (C=O) groups excluding carboxylic acids is 1. The number of thioether (sulfide) groups is 1. The van der Waals surface area contributed by atoms with Crippen LogP contribution in [0.4, 0.5) is 0 Å². The van der Waals surface area contributed by atoms with Gasteiger partial charge in [-0.25, -0.2) is 0 Å². The summed E-state index contributed by atoms with van der Waals surface area (Å²) in [5.41, 5.74) is 1.75. The lowest BCUT2D eigenvalue weighted by Gasteiger charge is -2.17. The highest BCUT2D eigenvalue weighted by Crippen LogP contribution is 2.24. The van der Waals surface area contributed by atoms with Crippen LogP contribution in [0.5, 0.6) is 0 Å². The van der Waals surface area contributed by atoms with Crippen molar-refractivity contribution < 1.29 is 4.79 Å². The van der Waals surface area contributed by atoms with Crippen molar-refractivity contribution in [3.63, 3.8) is 0 Å². The average Bonchev–Trinajstić information content (AvgIpc) is 3.11. The fourth-order valence-corrected chi connectivity index (χ4v) is 3.74. The third-order valence-corrected chi connectivity index (χ3v) is 5.66. The van der Waals surface area contributed by atoms with Gasteiger partial charge in [-0.3, -0.25) is 9.36 Å². The molecule has 0 fully saturated rings. The first-order valence-corrected chi connectivity index (χ1v) is 10.0. The number of hydrogen-bond acceptors (Lipinski definition) is 4. The minimum absolute atomic E-state index is 0.0354. The third-order valence-electron chi connectivity index (χ3n) is 3.76. The molecule has 0 atom stereocenters. The van der Waals surface area contributed by atoms with Crippen LogP contribution in [-0.2, 0) is 11.3 Å². The molecule has 3 rings (SSSR count). The van der Waals surface area contributed by atoms with Crippen molar-refractivity contribution in [3.05, 3.63) is 69.4 Å². The van der Waals surface area contributed by atoms with Gasteiger partial charge in [0, 0.05) is 18.6 Å². The lowest BCUT2D eigenvalue weighted by Crippen LogP contribution is -2.27. The fourth-order valence-electron chi connectivity index (χ4n) is 2.36. The van der Waals surface area contributed by atoms with Crippen LogP contribution in [0.3, 0.4) is 0 Å². The first-order valence-electron chi connectivity index (χ1n) is 7.90. The molecule has 0 saturated heterocycles. The fraction of sp³-hybridized carbons (Fsp3) is 0.167. The van der Waals surface area contributed by atoms with Crippen molar-refractivity contribution in [2.75, 3.05) is 12.8 Å². The van der Waals surface area contributed by atoms with Gasteiger partial charge >= 0.3 is 0 Å². The van der Waals surface area contributed by atoms with Gasteiger partial charge in [0.25, 0.3) is 0 Å². The maximum Gasteiger partial charge on any atom is 0.233 e.